The quantitative estimate of drug-likeness (QED) is 0.0143. The first-order valence-corrected chi connectivity index (χ1v) is 23.7. The molecule has 4 aromatic carbocycles. The van der Waals surface area contributed by atoms with E-state index in [-0.39, 0.29) is 71.7 Å². The maximum absolute atomic E-state index is 13.1. The van der Waals surface area contributed by atoms with Crippen LogP contribution in [0.1, 0.15) is 92.8 Å². The predicted octanol–water partition coefficient (Wildman–Crippen LogP) is 8.28. The Labute approximate surface area is 425 Å². The van der Waals surface area contributed by atoms with Gasteiger partial charge < -0.3 is 56.8 Å². The molecule has 2 aliphatic rings. The van der Waals surface area contributed by atoms with Crippen LogP contribution in [0.2, 0.25) is 0 Å². The smallest absolute Gasteiger partial charge is 0.463 e. The van der Waals surface area contributed by atoms with Crippen molar-refractivity contribution in [2.75, 3.05) is 39.6 Å². The van der Waals surface area contributed by atoms with E-state index < -0.39 is 72.5 Å². The molecule has 4 atom stereocenters. The van der Waals surface area contributed by atoms with E-state index in [1.54, 1.807) is 0 Å². The maximum Gasteiger partial charge on any atom is 0.513 e. The van der Waals surface area contributed by atoms with Gasteiger partial charge in [0.1, 0.15) is 35.2 Å². The Bertz CT molecular complexity index is 2390. The highest BCUT2D eigenvalue weighted by molar-refractivity contribution is 5.93. The molecule has 0 aromatic heterocycles. The number of esters is 6. The molecule has 0 radical (unpaired) electrons. The van der Waals surface area contributed by atoms with Crippen molar-refractivity contribution in [3.63, 3.8) is 0 Å². The standard InChI is InChI=1S/C54H54O20/c1-3-45(55)63-29-9-5-7-11-31-65-53(61)71-41-25-17-35(18-26-41)49(57)69-39-21-13-37(14-22-39)51(59)73-43-33-67-48-44(34-68-47(43)48)74-52(60)38-15-23-40(24-16-38)70-50(58)36-19-27-42(28-20-36)72-54(62)66-32-12-8-6-10-30-64-46(56)4-2/h3-4,13-28,43-44,47-48H,1-2,5-12,29-34H2/t43-,44+,47-,48-/m1/s1. The number of ether oxygens (including phenoxy) is 12. The summed E-state index contributed by atoms with van der Waals surface area (Å²) >= 11 is 0. The van der Waals surface area contributed by atoms with Gasteiger partial charge in [0.05, 0.1) is 61.9 Å². The van der Waals surface area contributed by atoms with E-state index in [9.17, 15) is 38.4 Å². The molecule has 4 aromatic rings. The summed E-state index contributed by atoms with van der Waals surface area (Å²) in [4.78, 5) is 98.0. The van der Waals surface area contributed by atoms with E-state index in [0.717, 1.165) is 37.8 Å². The predicted molar refractivity (Wildman–Crippen MR) is 257 cm³/mol. The van der Waals surface area contributed by atoms with Crippen molar-refractivity contribution < 1.29 is 95.2 Å². The topological polar surface area (TPSA) is 247 Å². The van der Waals surface area contributed by atoms with Crippen LogP contribution in [0, 0.1) is 0 Å². The van der Waals surface area contributed by atoms with Crippen LogP contribution < -0.4 is 18.9 Å². The molecule has 0 aliphatic carbocycles. The Hall–Kier alpha value is -8.36. The van der Waals surface area contributed by atoms with Crippen LogP contribution in [0.3, 0.4) is 0 Å². The second-order valence-corrected chi connectivity index (χ2v) is 16.3. The number of rotatable bonds is 26. The number of fused-ring (bicyclic) bond motifs is 1. The zero-order chi connectivity index (χ0) is 52.7. The molecular formula is C54H54O20. The van der Waals surface area contributed by atoms with Crippen LogP contribution in [-0.4, -0.2) is 112 Å². The Morgan fingerprint density at radius 3 is 0.986 bits per heavy atom. The summed E-state index contributed by atoms with van der Waals surface area (Å²) in [6.07, 6.45) is 3.03. The van der Waals surface area contributed by atoms with Gasteiger partial charge in [0, 0.05) is 12.2 Å². The van der Waals surface area contributed by atoms with Crippen LogP contribution in [0.15, 0.2) is 122 Å². The van der Waals surface area contributed by atoms with Crippen LogP contribution in [0.25, 0.3) is 0 Å². The average Bonchev–Trinajstić information content (AvgIpc) is 4.00. The fraction of sp³-hybridized carbons (Fsp3) is 0.333. The fourth-order valence-corrected chi connectivity index (χ4v) is 7.15. The minimum Gasteiger partial charge on any atom is -0.463 e. The zero-order valence-corrected chi connectivity index (χ0v) is 40.2. The molecule has 0 spiro atoms. The minimum atomic E-state index is -0.896. The third-order valence-electron chi connectivity index (χ3n) is 11.0. The Balaban J connectivity index is 0.853. The van der Waals surface area contributed by atoms with Crippen LogP contribution in [0.5, 0.6) is 23.0 Å². The van der Waals surface area contributed by atoms with Crippen molar-refractivity contribution in [3.8, 4) is 23.0 Å². The molecule has 0 N–H and O–H groups in total. The molecule has 2 aliphatic heterocycles. The van der Waals surface area contributed by atoms with Gasteiger partial charge in [-0.25, -0.2) is 38.4 Å². The number of benzene rings is 4. The average molecular weight is 1020 g/mol. The van der Waals surface area contributed by atoms with Crippen molar-refractivity contribution in [3.05, 3.63) is 145 Å². The van der Waals surface area contributed by atoms with Gasteiger partial charge in [-0.2, -0.15) is 0 Å². The normalized spacial score (nSPS) is 16.3. The van der Waals surface area contributed by atoms with E-state index >= 15 is 0 Å². The lowest BCUT2D eigenvalue weighted by molar-refractivity contribution is -0.138. The summed E-state index contributed by atoms with van der Waals surface area (Å²) in [7, 11) is 0. The summed E-state index contributed by atoms with van der Waals surface area (Å²) in [5.74, 6) is -3.10. The van der Waals surface area contributed by atoms with Gasteiger partial charge in [-0.1, -0.05) is 13.2 Å². The summed E-state index contributed by atoms with van der Waals surface area (Å²) in [5.41, 5.74) is 0.656. The van der Waals surface area contributed by atoms with Gasteiger partial charge in [-0.15, -0.1) is 0 Å². The highest BCUT2D eigenvalue weighted by Crippen LogP contribution is 2.32. The van der Waals surface area contributed by atoms with Crippen molar-refractivity contribution in [2.24, 2.45) is 0 Å². The zero-order valence-electron chi connectivity index (χ0n) is 40.2. The van der Waals surface area contributed by atoms with Crippen molar-refractivity contribution in [1.29, 1.82) is 0 Å². The molecule has 6 rings (SSSR count). The molecule has 2 saturated heterocycles. The first-order chi connectivity index (χ1) is 35.9. The van der Waals surface area contributed by atoms with E-state index in [1.807, 2.05) is 0 Å². The van der Waals surface area contributed by atoms with Gasteiger partial charge in [-0.3, -0.25) is 0 Å². The molecule has 20 heteroatoms. The van der Waals surface area contributed by atoms with E-state index in [4.69, 9.17) is 56.8 Å². The van der Waals surface area contributed by atoms with Crippen LogP contribution in [0.4, 0.5) is 9.59 Å². The summed E-state index contributed by atoms with van der Waals surface area (Å²) in [6.45, 7) is 7.52. The third kappa shape index (κ3) is 17.4. The van der Waals surface area contributed by atoms with Crippen molar-refractivity contribution in [2.45, 2.75) is 75.8 Å². The minimum absolute atomic E-state index is 0.0152. The second kappa shape index (κ2) is 28.6. The monoisotopic (exact) mass is 1020 g/mol. The molecule has 0 saturated carbocycles. The summed E-state index contributed by atoms with van der Waals surface area (Å²) in [5, 5.41) is 0. The molecule has 390 valence electrons. The van der Waals surface area contributed by atoms with Gasteiger partial charge >= 0.3 is 48.1 Å². The van der Waals surface area contributed by atoms with Gasteiger partial charge in [0.25, 0.3) is 0 Å². The van der Waals surface area contributed by atoms with E-state index in [1.165, 1.54) is 97.1 Å². The molecular weight excluding hydrogens is 969 g/mol. The number of carbonyl (C=O) groups excluding carboxylic acids is 8. The fourth-order valence-electron chi connectivity index (χ4n) is 7.15. The van der Waals surface area contributed by atoms with E-state index in [0.29, 0.717) is 38.9 Å². The van der Waals surface area contributed by atoms with Crippen LogP contribution in [-0.2, 0) is 47.5 Å². The highest BCUT2D eigenvalue weighted by Gasteiger charge is 2.51. The lowest BCUT2D eigenvalue weighted by Crippen LogP contribution is -2.36. The highest BCUT2D eigenvalue weighted by atomic mass is 16.7. The molecule has 0 unspecified atom stereocenters. The van der Waals surface area contributed by atoms with Gasteiger partial charge in [-0.05, 0) is 148 Å². The SMILES string of the molecule is C=CC(=O)OCCCCCCOC(=O)Oc1ccc(C(=O)Oc2ccc(C(=O)O[C@H]3CO[C@H]4[C@@H]3OC[C@H]4OC(=O)c3ccc(OC(=O)c4ccc(OC(=O)OCCCCCCOC(=O)C=C)cc4)cc3)cc2)cc1. The first kappa shape index (κ1) is 55.0. The molecule has 74 heavy (non-hydrogen) atoms. The Morgan fingerprint density at radius 1 is 0.392 bits per heavy atom. The Morgan fingerprint density at radius 2 is 0.676 bits per heavy atom. The van der Waals surface area contributed by atoms with Crippen molar-refractivity contribution >= 4 is 48.1 Å². The van der Waals surface area contributed by atoms with Crippen LogP contribution >= 0.6 is 0 Å². The summed E-state index contributed by atoms with van der Waals surface area (Å²) in [6, 6.07) is 22.7. The third-order valence-corrected chi connectivity index (χ3v) is 11.0. The number of hydrogen-bond donors (Lipinski definition) is 0. The summed E-state index contributed by atoms with van der Waals surface area (Å²) < 4.78 is 64.2. The molecule has 20 nitrogen and oxygen atoms in total. The lowest BCUT2D eigenvalue weighted by atomic mass is 10.1. The molecule has 0 amide bonds. The molecule has 0 bridgehead atoms. The molecule has 2 heterocycles. The maximum atomic E-state index is 13.1. The van der Waals surface area contributed by atoms with Gasteiger partial charge in [0.15, 0.2) is 12.2 Å². The first-order valence-electron chi connectivity index (χ1n) is 23.7. The second-order valence-electron chi connectivity index (χ2n) is 16.3. The molecule has 2 fully saturated rings. The largest absolute Gasteiger partial charge is 0.513 e. The lowest BCUT2D eigenvalue weighted by Gasteiger charge is -2.17. The number of carbonyl (C=O) groups is 8. The van der Waals surface area contributed by atoms with E-state index in [2.05, 4.69) is 13.2 Å². The number of unbranched alkanes of at least 4 members (excludes halogenated alkanes) is 6. The van der Waals surface area contributed by atoms with Crippen molar-refractivity contribution in [1.82, 2.24) is 0 Å². The van der Waals surface area contributed by atoms with Gasteiger partial charge in [0.2, 0.25) is 0 Å². The number of hydrogen-bond acceptors (Lipinski definition) is 20. The Kier molecular flexibility index (Phi) is 21.3.